The summed E-state index contributed by atoms with van der Waals surface area (Å²) in [5.41, 5.74) is 0. The van der Waals surface area contributed by atoms with Crippen LogP contribution in [0.25, 0.3) is 0 Å². The quantitative estimate of drug-likeness (QED) is 0.837. The molecule has 1 fully saturated rings. The molecule has 0 amide bonds. The molecule has 0 aromatic heterocycles. The fraction of sp³-hybridized carbons (Fsp3) is 0.571. The summed E-state index contributed by atoms with van der Waals surface area (Å²) in [5.74, 6) is 0.594. The molecule has 0 aliphatic heterocycles. The largest absolute Gasteiger partial charge is 0.491 e. The number of aliphatic hydroxyl groups is 1. The van der Waals surface area contributed by atoms with Crippen molar-refractivity contribution in [1.82, 2.24) is 4.90 Å². The van der Waals surface area contributed by atoms with Gasteiger partial charge in [0.15, 0.2) is 0 Å². The molecule has 0 spiro atoms. The molecule has 1 aromatic carbocycles. The summed E-state index contributed by atoms with van der Waals surface area (Å²) in [4.78, 5) is 2.03. The number of hydrogen-bond donors (Lipinski definition) is 1. The lowest BCUT2D eigenvalue weighted by Gasteiger charge is -2.20. The zero-order valence-corrected chi connectivity index (χ0v) is 11.7. The monoisotopic (exact) mass is 287 g/mol. The zero-order valence-electron chi connectivity index (χ0n) is 11.0. The summed E-state index contributed by atoms with van der Waals surface area (Å²) in [6, 6.07) is 4.08. The van der Waals surface area contributed by atoms with Crippen molar-refractivity contribution in [3.8, 4) is 5.75 Å². The standard InChI is InChI=1S/C14H19ClFNO2/c1-17(9-13(18)10-2-3-10)6-7-19-14-5-4-11(16)8-12(14)15/h4-5,8,10,13,18H,2-3,6-7,9H2,1H3. The number of rotatable bonds is 7. The van der Waals surface area contributed by atoms with Crippen molar-refractivity contribution < 1.29 is 14.2 Å². The van der Waals surface area contributed by atoms with Gasteiger partial charge in [0.1, 0.15) is 18.2 Å². The minimum absolute atomic E-state index is 0.237. The Kier molecular flexibility index (Phi) is 5.02. The molecule has 1 unspecified atom stereocenters. The lowest BCUT2D eigenvalue weighted by atomic mass is 10.2. The summed E-state index contributed by atoms with van der Waals surface area (Å²) >= 11 is 5.86. The maximum Gasteiger partial charge on any atom is 0.138 e. The van der Waals surface area contributed by atoms with Crippen LogP contribution in [0.5, 0.6) is 5.75 Å². The lowest BCUT2D eigenvalue weighted by Crippen LogP contribution is -2.33. The average molecular weight is 288 g/mol. The SMILES string of the molecule is CN(CCOc1ccc(F)cc1Cl)CC(O)C1CC1. The summed E-state index contributed by atoms with van der Waals surface area (Å²) in [6.45, 7) is 1.81. The highest BCUT2D eigenvalue weighted by Gasteiger charge is 2.30. The van der Waals surface area contributed by atoms with Crippen LogP contribution in [0.15, 0.2) is 18.2 Å². The Morgan fingerprint density at radius 3 is 2.89 bits per heavy atom. The first-order valence-electron chi connectivity index (χ1n) is 6.50. The van der Waals surface area contributed by atoms with E-state index in [1.807, 2.05) is 11.9 Å². The first kappa shape index (κ1) is 14.6. The first-order valence-corrected chi connectivity index (χ1v) is 6.88. The van der Waals surface area contributed by atoms with Crippen molar-refractivity contribution in [3.05, 3.63) is 29.0 Å². The van der Waals surface area contributed by atoms with E-state index < -0.39 is 0 Å². The van der Waals surface area contributed by atoms with E-state index >= 15 is 0 Å². The van der Waals surface area contributed by atoms with Crippen LogP contribution in [-0.4, -0.2) is 42.9 Å². The molecule has 0 saturated heterocycles. The zero-order chi connectivity index (χ0) is 13.8. The van der Waals surface area contributed by atoms with Gasteiger partial charge in [-0.1, -0.05) is 11.6 Å². The molecule has 3 nitrogen and oxygen atoms in total. The van der Waals surface area contributed by atoms with Crippen LogP contribution >= 0.6 is 11.6 Å². The molecule has 106 valence electrons. The molecule has 1 saturated carbocycles. The Labute approximate surface area is 117 Å². The Morgan fingerprint density at radius 2 is 2.26 bits per heavy atom. The van der Waals surface area contributed by atoms with Crippen LogP contribution in [0.4, 0.5) is 4.39 Å². The third-order valence-corrected chi connectivity index (χ3v) is 3.58. The van der Waals surface area contributed by atoms with E-state index in [-0.39, 0.29) is 16.9 Å². The summed E-state index contributed by atoms with van der Waals surface area (Å²) in [7, 11) is 1.95. The number of benzene rings is 1. The molecule has 5 heteroatoms. The van der Waals surface area contributed by atoms with E-state index in [9.17, 15) is 9.50 Å². The number of ether oxygens (including phenoxy) is 1. The van der Waals surface area contributed by atoms with Crippen LogP contribution < -0.4 is 4.74 Å². The van der Waals surface area contributed by atoms with Gasteiger partial charge in [0, 0.05) is 13.1 Å². The highest BCUT2D eigenvalue weighted by Crippen LogP contribution is 2.32. The van der Waals surface area contributed by atoms with E-state index in [0.717, 1.165) is 12.8 Å². The fourth-order valence-electron chi connectivity index (χ4n) is 1.94. The topological polar surface area (TPSA) is 32.7 Å². The minimum Gasteiger partial charge on any atom is -0.491 e. The van der Waals surface area contributed by atoms with Gasteiger partial charge in [-0.15, -0.1) is 0 Å². The van der Waals surface area contributed by atoms with Crippen molar-refractivity contribution in [2.75, 3.05) is 26.7 Å². The van der Waals surface area contributed by atoms with E-state index in [1.165, 1.54) is 18.2 Å². The fourth-order valence-corrected chi connectivity index (χ4v) is 2.17. The normalized spacial score (nSPS) is 16.7. The average Bonchev–Trinajstić information content (AvgIpc) is 3.16. The maximum absolute atomic E-state index is 12.8. The Balaban J connectivity index is 1.70. The lowest BCUT2D eigenvalue weighted by molar-refractivity contribution is 0.0998. The van der Waals surface area contributed by atoms with Gasteiger partial charge in [0.2, 0.25) is 0 Å². The molecular weight excluding hydrogens is 269 g/mol. The second kappa shape index (κ2) is 6.55. The first-order chi connectivity index (χ1) is 9.06. The number of halogens is 2. The molecule has 0 radical (unpaired) electrons. The highest BCUT2D eigenvalue weighted by molar-refractivity contribution is 6.32. The van der Waals surface area contributed by atoms with Gasteiger partial charge in [-0.25, -0.2) is 4.39 Å². The summed E-state index contributed by atoms with van der Waals surface area (Å²) < 4.78 is 18.3. The molecule has 1 aromatic rings. The van der Waals surface area contributed by atoms with Gasteiger partial charge in [0.05, 0.1) is 11.1 Å². The van der Waals surface area contributed by atoms with Gasteiger partial charge in [-0.05, 0) is 44.0 Å². The Morgan fingerprint density at radius 1 is 1.53 bits per heavy atom. The molecule has 0 heterocycles. The molecule has 19 heavy (non-hydrogen) atoms. The summed E-state index contributed by atoms with van der Waals surface area (Å²) in [5, 5.41) is 10.1. The van der Waals surface area contributed by atoms with Crippen molar-refractivity contribution in [2.45, 2.75) is 18.9 Å². The van der Waals surface area contributed by atoms with Crippen molar-refractivity contribution in [1.29, 1.82) is 0 Å². The molecule has 1 atom stereocenters. The predicted octanol–water partition coefficient (Wildman–Crippen LogP) is 2.56. The number of nitrogens with zero attached hydrogens (tertiary/aromatic N) is 1. The van der Waals surface area contributed by atoms with Crippen LogP contribution in [-0.2, 0) is 0 Å². The van der Waals surface area contributed by atoms with Gasteiger partial charge < -0.3 is 14.7 Å². The van der Waals surface area contributed by atoms with Crippen LogP contribution in [0, 0.1) is 11.7 Å². The molecule has 1 aliphatic rings. The maximum atomic E-state index is 12.8. The van der Waals surface area contributed by atoms with Gasteiger partial charge in [-0.3, -0.25) is 0 Å². The molecular formula is C14H19ClFNO2. The highest BCUT2D eigenvalue weighted by atomic mass is 35.5. The van der Waals surface area contributed by atoms with Crippen molar-refractivity contribution in [3.63, 3.8) is 0 Å². The van der Waals surface area contributed by atoms with Gasteiger partial charge in [-0.2, -0.15) is 0 Å². The second-order valence-electron chi connectivity index (χ2n) is 5.09. The predicted molar refractivity (Wildman–Crippen MR) is 73.1 cm³/mol. The molecule has 0 bridgehead atoms. The van der Waals surface area contributed by atoms with Crippen LogP contribution in [0.1, 0.15) is 12.8 Å². The molecule has 2 rings (SSSR count). The van der Waals surface area contributed by atoms with Gasteiger partial charge >= 0.3 is 0 Å². The van der Waals surface area contributed by atoms with Crippen molar-refractivity contribution in [2.24, 2.45) is 5.92 Å². The minimum atomic E-state index is -0.373. The van der Waals surface area contributed by atoms with E-state index in [2.05, 4.69) is 0 Å². The second-order valence-corrected chi connectivity index (χ2v) is 5.50. The van der Waals surface area contributed by atoms with Crippen LogP contribution in [0.2, 0.25) is 5.02 Å². The van der Waals surface area contributed by atoms with E-state index in [4.69, 9.17) is 16.3 Å². The van der Waals surface area contributed by atoms with E-state index in [0.29, 0.717) is 31.4 Å². The third kappa shape index (κ3) is 4.64. The third-order valence-electron chi connectivity index (χ3n) is 3.29. The molecule has 1 N–H and O–H groups in total. The van der Waals surface area contributed by atoms with Gasteiger partial charge in [0.25, 0.3) is 0 Å². The van der Waals surface area contributed by atoms with E-state index in [1.54, 1.807) is 0 Å². The number of likely N-dealkylation sites (N-methyl/N-ethyl adjacent to an activating group) is 1. The Bertz CT molecular complexity index is 426. The van der Waals surface area contributed by atoms with Crippen LogP contribution in [0.3, 0.4) is 0 Å². The smallest absolute Gasteiger partial charge is 0.138 e. The number of hydrogen-bond acceptors (Lipinski definition) is 3. The summed E-state index contributed by atoms with van der Waals surface area (Å²) in [6.07, 6.45) is 2.03. The molecule has 1 aliphatic carbocycles. The Hall–Kier alpha value is -0.840. The van der Waals surface area contributed by atoms with Crippen molar-refractivity contribution >= 4 is 11.6 Å². The number of aliphatic hydroxyl groups excluding tert-OH is 1.